The van der Waals surface area contributed by atoms with Crippen LogP contribution in [0.1, 0.15) is 36.0 Å². The van der Waals surface area contributed by atoms with Crippen molar-refractivity contribution >= 4 is 17.4 Å². The monoisotopic (exact) mass is 431 g/mol. The molecular weight excluding hydrogens is 408 g/mol. The molecule has 0 aromatic heterocycles. The quantitative estimate of drug-likeness (QED) is 0.545. The topological polar surface area (TPSA) is 37.4 Å². The van der Waals surface area contributed by atoms with Gasteiger partial charge in [-0.1, -0.05) is 42.5 Å². The number of amides is 1. The third kappa shape index (κ3) is 3.42. The minimum absolute atomic E-state index is 0.119. The SMILES string of the molecule is O=C1CC[C@H]([C@]2(Cc3ccccc3)C(=O)N(Cc3ccc(F)cc3)c3ccc(F)cc32)C1. The van der Waals surface area contributed by atoms with E-state index in [1.54, 1.807) is 23.1 Å². The maximum atomic E-state index is 14.5. The summed E-state index contributed by atoms with van der Waals surface area (Å²) in [4.78, 5) is 28.1. The van der Waals surface area contributed by atoms with Gasteiger partial charge in [0.05, 0.1) is 12.0 Å². The Labute approximate surface area is 185 Å². The molecule has 5 heteroatoms. The Morgan fingerprint density at radius 2 is 1.59 bits per heavy atom. The molecule has 162 valence electrons. The molecule has 3 aromatic carbocycles. The molecule has 3 nitrogen and oxygen atoms in total. The van der Waals surface area contributed by atoms with E-state index in [1.165, 1.54) is 24.3 Å². The van der Waals surface area contributed by atoms with Crippen LogP contribution in [0.4, 0.5) is 14.5 Å². The molecule has 1 saturated carbocycles. The minimum atomic E-state index is -1.01. The lowest BCUT2D eigenvalue weighted by molar-refractivity contribution is -0.125. The van der Waals surface area contributed by atoms with Gasteiger partial charge >= 0.3 is 0 Å². The molecule has 1 heterocycles. The Hall–Kier alpha value is -3.34. The van der Waals surface area contributed by atoms with E-state index in [2.05, 4.69) is 0 Å². The first-order chi connectivity index (χ1) is 15.5. The molecule has 1 fully saturated rings. The van der Waals surface area contributed by atoms with Gasteiger partial charge in [0.2, 0.25) is 5.91 Å². The predicted octanol–water partition coefficient (Wildman–Crippen LogP) is 5.36. The number of rotatable bonds is 5. The molecule has 1 amide bonds. The molecule has 2 aliphatic rings. The van der Waals surface area contributed by atoms with Crippen molar-refractivity contribution in [2.75, 3.05) is 4.90 Å². The largest absolute Gasteiger partial charge is 0.307 e. The van der Waals surface area contributed by atoms with Crippen LogP contribution in [0, 0.1) is 17.6 Å². The zero-order chi connectivity index (χ0) is 22.3. The molecule has 0 unspecified atom stereocenters. The molecule has 0 spiro atoms. The minimum Gasteiger partial charge on any atom is -0.307 e. The van der Waals surface area contributed by atoms with Crippen molar-refractivity contribution in [2.45, 2.75) is 37.6 Å². The summed E-state index contributed by atoms with van der Waals surface area (Å²) in [5.74, 6) is -0.911. The van der Waals surface area contributed by atoms with Gasteiger partial charge < -0.3 is 4.90 Å². The summed E-state index contributed by atoms with van der Waals surface area (Å²) in [6.45, 7) is 0.259. The van der Waals surface area contributed by atoms with E-state index in [9.17, 15) is 18.4 Å². The number of benzene rings is 3. The fourth-order valence-electron chi connectivity index (χ4n) is 5.36. The zero-order valence-corrected chi connectivity index (χ0v) is 17.6. The number of hydrogen-bond donors (Lipinski definition) is 0. The Balaban J connectivity index is 1.65. The van der Waals surface area contributed by atoms with E-state index in [-0.39, 0.29) is 30.0 Å². The second-order valence-electron chi connectivity index (χ2n) is 8.79. The summed E-state index contributed by atoms with van der Waals surface area (Å²) in [7, 11) is 0. The molecule has 5 rings (SSSR count). The van der Waals surface area contributed by atoms with Gasteiger partial charge in [0.25, 0.3) is 0 Å². The number of nitrogens with zero attached hydrogens (tertiary/aromatic N) is 1. The lowest BCUT2D eigenvalue weighted by Crippen LogP contribution is -2.46. The maximum Gasteiger partial charge on any atom is 0.238 e. The Morgan fingerprint density at radius 3 is 2.28 bits per heavy atom. The standard InChI is InChI=1S/C27H23F2NO2/c28-21-9-6-19(7-10-21)17-30-25-13-11-22(29)15-24(25)27(26(30)32,20-8-12-23(31)14-20)16-18-4-2-1-3-5-18/h1-7,9-11,13,15,20H,8,12,14,16-17H2/t20-,27-/m0/s1. The van der Waals surface area contributed by atoms with Gasteiger partial charge in [-0.2, -0.15) is 0 Å². The van der Waals surface area contributed by atoms with Crippen molar-refractivity contribution in [3.63, 3.8) is 0 Å². The summed E-state index contributed by atoms with van der Waals surface area (Å²) in [6, 6.07) is 20.2. The molecule has 0 saturated heterocycles. The second-order valence-corrected chi connectivity index (χ2v) is 8.79. The Bertz CT molecular complexity index is 1180. The molecule has 0 radical (unpaired) electrons. The highest BCUT2D eigenvalue weighted by atomic mass is 19.1. The highest BCUT2D eigenvalue weighted by molar-refractivity contribution is 6.09. The number of hydrogen-bond acceptors (Lipinski definition) is 2. The van der Waals surface area contributed by atoms with Crippen molar-refractivity contribution in [2.24, 2.45) is 5.92 Å². The number of halogens is 2. The van der Waals surface area contributed by atoms with E-state index in [1.807, 2.05) is 30.3 Å². The normalized spacial score (nSPS) is 22.4. The summed E-state index contributed by atoms with van der Waals surface area (Å²) in [5, 5.41) is 0. The van der Waals surface area contributed by atoms with Crippen LogP contribution < -0.4 is 4.90 Å². The van der Waals surface area contributed by atoms with E-state index in [4.69, 9.17) is 0 Å². The summed E-state index contributed by atoms with van der Waals surface area (Å²) >= 11 is 0. The van der Waals surface area contributed by atoms with Crippen molar-refractivity contribution in [3.05, 3.63) is 101 Å². The average Bonchev–Trinajstić information content (AvgIpc) is 3.32. The lowest BCUT2D eigenvalue weighted by Gasteiger charge is -2.34. The highest BCUT2D eigenvalue weighted by Gasteiger charge is 2.56. The molecule has 2 atom stereocenters. The van der Waals surface area contributed by atoms with E-state index < -0.39 is 11.2 Å². The van der Waals surface area contributed by atoms with Crippen LogP contribution in [-0.4, -0.2) is 11.7 Å². The van der Waals surface area contributed by atoms with Crippen LogP contribution in [0.15, 0.2) is 72.8 Å². The van der Waals surface area contributed by atoms with Crippen LogP contribution in [0.3, 0.4) is 0 Å². The van der Waals surface area contributed by atoms with E-state index in [0.29, 0.717) is 36.9 Å². The first kappa shape index (κ1) is 20.6. The molecule has 0 N–H and O–H groups in total. The first-order valence-corrected chi connectivity index (χ1v) is 10.9. The van der Waals surface area contributed by atoms with Crippen molar-refractivity contribution in [1.29, 1.82) is 0 Å². The van der Waals surface area contributed by atoms with Gasteiger partial charge in [-0.25, -0.2) is 8.78 Å². The summed E-state index contributed by atoms with van der Waals surface area (Å²) < 4.78 is 27.9. The van der Waals surface area contributed by atoms with Gasteiger partial charge in [-0.3, -0.25) is 9.59 Å². The van der Waals surface area contributed by atoms with Crippen LogP contribution in [0.2, 0.25) is 0 Å². The third-order valence-corrected chi connectivity index (χ3v) is 6.88. The zero-order valence-electron chi connectivity index (χ0n) is 17.6. The maximum absolute atomic E-state index is 14.5. The first-order valence-electron chi connectivity index (χ1n) is 10.9. The summed E-state index contributed by atoms with van der Waals surface area (Å²) in [6.07, 6.45) is 1.77. The van der Waals surface area contributed by atoms with E-state index in [0.717, 1.165) is 11.1 Å². The van der Waals surface area contributed by atoms with Gasteiger partial charge in [-0.05, 0) is 65.8 Å². The predicted molar refractivity (Wildman–Crippen MR) is 118 cm³/mol. The molecule has 3 aromatic rings. The Kier molecular flexibility index (Phi) is 5.12. The fraction of sp³-hybridized carbons (Fsp3) is 0.259. The molecular formula is C27H23F2NO2. The highest BCUT2D eigenvalue weighted by Crippen LogP contribution is 2.53. The van der Waals surface area contributed by atoms with Gasteiger partial charge in [0, 0.05) is 18.5 Å². The van der Waals surface area contributed by atoms with E-state index >= 15 is 0 Å². The third-order valence-electron chi connectivity index (χ3n) is 6.88. The summed E-state index contributed by atoms with van der Waals surface area (Å²) in [5.41, 5.74) is 2.06. The number of carbonyl (C=O) groups is 2. The second kappa shape index (κ2) is 7.97. The number of anilines is 1. The fourth-order valence-corrected chi connectivity index (χ4v) is 5.36. The van der Waals surface area contributed by atoms with Gasteiger partial charge in [0.1, 0.15) is 17.4 Å². The average molecular weight is 431 g/mol. The Morgan fingerprint density at radius 1 is 0.875 bits per heavy atom. The van der Waals surface area contributed by atoms with Crippen molar-refractivity contribution < 1.29 is 18.4 Å². The smallest absolute Gasteiger partial charge is 0.238 e. The molecule has 0 bridgehead atoms. The number of carbonyl (C=O) groups excluding carboxylic acids is 2. The molecule has 1 aliphatic heterocycles. The van der Waals surface area contributed by atoms with Crippen LogP contribution >= 0.6 is 0 Å². The van der Waals surface area contributed by atoms with Crippen molar-refractivity contribution in [3.8, 4) is 0 Å². The molecule has 1 aliphatic carbocycles. The van der Waals surface area contributed by atoms with Crippen LogP contribution in [-0.2, 0) is 28.0 Å². The molecule has 32 heavy (non-hydrogen) atoms. The van der Waals surface area contributed by atoms with Crippen molar-refractivity contribution in [1.82, 2.24) is 0 Å². The number of fused-ring (bicyclic) bond motifs is 1. The van der Waals surface area contributed by atoms with Crippen LogP contribution in [0.25, 0.3) is 0 Å². The lowest BCUT2D eigenvalue weighted by atomic mass is 9.66. The number of Topliss-reactive ketones (excluding diaryl/α,β-unsaturated/α-hetero) is 1. The van der Waals surface area contributed by atoms with Crippen LogP contribution in [0.5, 0.6) is 0 Å². The van der Waals surface area contributed by atoms with Gasteiger partial charge in [0.15, 0.2) is 0 Å². The number of ketones is 1. The van der Waals surface area contributed by atoms with Gasteiger partial charge in [-0.15, -0.1) is 0 Å².